The fourth-order valence-corrected chi connectivity index (χ4v) is 4.30. The number of ether oxygens (including phenoxy) is 1. The summed E-state index contributed by atoms with van der Waals surface area (Å²) in [6, 6.07) is 0.462. The highest BCUT2D eigenvalue weighted by Crippen LogP contribution is 2.32. The lowest BCUT2D eigenvalue weighted by atomic mass is 10.0. The predicted molar refractivity (Wildman–Crippen MR) is 79.1 cm³/mol. The first-order valence-corrected chi connectivity index (χ1v) is 8.77. The Morgan fingerprint density at radius 3 is 3.10 bits per heavy atom. The highest BCUT2D eigenvalue weighted by molar-refractivity contribution is 7.99. The van der Waals surface area contributed by atoms with Gasteiger partial charge < -0.3 is 14.6 Å². The van der Waals surface area contributed by atoms with E-state index in [1.54, 1.807) is 0 Å². The molecule has 2 aliphatic rings. The van der Waals surface area contributed by atoms with E-state index in [0.29, 0.717) is 12.0 Å². The molecule has 2 saturated heterocycles. The van der Waals surface area contributed by atoms with Crippen molar-refractivity contribution in [2.75, 3.05) is 24.7 Å². The predicted octanol–water partition coefficient (Wildman–Crippen LogP) is 1.99. The van der Waals surface area contributed by atoms with Crippen LogP contribution in [0, 0.1) is 0 Å². The van der Waals surface area contributed by atoms with E-state index in [-0.39, 0.29) is 6.10 Å². The fourth-order valence-electron chi connectivity index (χ4n) is 2.93. The quantitative estimate of drug-likeness (QED) is 0.897. The van der Waals surface area contributed by atoms with Crippen LogP contribution in [0.25, 0.3) is 0 Å². The van der Waals surface area contributed by atoms with E-state index in [1.807, 2.05) is 11.8 Å². The molecule has 0 aromatic carbocycles. The maximum Gasteiger partial charge on any atom is 0.232 e. The molecular weight excluding hydrogens is 274 g/mol. The minimum atomic E-state index is 0.275. The zero-order chi connectivity index (χ0) is 13.8. The van der Waals surface area contributed by atoms with Gasteiger partial charge in [0.15, 0.2) is 5.82 Å². The SMILES string of the molecule is CCNC1CSCC1c1nc(CC2CCCCO2)no1. The van der Waals surface area contributed by atoms with E-state index in [2.05, 4.69) is 22.4 Å². The monoisotopic (exact) mass is 297 g/mol. The van der Waals surface area contributed by atoms with Crippen LogP contribution in [0.15, 0.2) is 4.52 Å². The molecule has 1 aromatic heterocycles. The first-order valence-electron chi connectivity index (χ1n) is 7.62. The van der Waals surface area contributed by atoms with Crippen molar-refractivity contribution < 1.29 is 9.26 Å². The number of hydrogen-bond acceptors (Lipinski definition) is 6. The zero-order valence-electron chi connectivity index (χ0n) is 12.0. The third-order valence-corrected chi connectivity index (χ3v) is 5.22. The lowest BCUT2D eigenvalue weighted by molar-refractivity contribution is 0.0153. The van der Waals surface area contributed by atoms with Crippen LogP contribution >= 0.6 is 11.8 Å². The van der Waals surface area contributed by atoms with Crippen LogP contribution < -0.4 is 5.32 Å². The summed E-state index contributed by atoms with van der Waals surface area (Å²) in [7, 11) is 0. The molecule has 6 heteroatoms. The molecule has 2 aliphatic heterocycles. The molecule has 2 fully saturated rings. The topological polar surface area (TPSA) is 60.2 Å². The molecule has 0 saturated carbocycles. The second-order valence-electron chi connectivity index (χ2n) is 5.55. The van der Waals surface area contributed by atoms with Crippen molar-refractivity contribution in [3.05, 3.63) is 11.7 Å². The molecule has 0 bridgehead atoms. The maximum absolute atomic E-state index is 5.74. The van der Waals surface area contributed by atoms with Gasteiger partial charge in [-0.05, 0) is 25.8 Å². The minimum absolute atomic E-state index is 0.275. The van der Waals surface area contributed by atoms with Crippen molar-refractivity contribution in [2.24, 2.45) is 0 Å². The van der Waals surface area contributed by atoms with E-state index in [9.17, 15) is 0 Å². The van der Waals surface area contributed by atoms with E-state index in [4.69, 9.17) is 9.26 Å². The molecule has 0 spiro atoms. The van der Waals surface area contributed by atoms with Crippen molar-refractivity contribution in [2.45, 2.75) is 50.7 Å². The molecule has 0 radical (unpaired) electrons. The van der Waals surface area contributed by atoms with Gasteiger partial charge in [0, 0.05) is 30.6 Å². The molecule has 0 aliphatic carbocycles. The Balaban J connectivity index is 1.60. The Kier molecular flexibility index (Phi) is 4.96. The van der Waals surface area contributed by atoms with Crippen molar-refractivity contribution in [3.8, 4) is 0 Å². The van der Waals surface area contributed by atoms with Gasteiger partial charge in [0.2, 0.25) is 5.89 Å². The molecule has 20 heavy (non-hydrogen) atoms. The first kappa shape index (κ1) is 14.4. The highest BCUT2D eigenvalue weighted by atomic mass is 32.2. The van der Waals surface area contributed by atoms with Gasteiger partial charge in [-0.1, -0.05) is 12.1 Å². The summed E-state index contributed by atoms with van der Waals surface area (Å²) >= 11 is 1.96. The number of hydrogen-bond donors (Lipinski definition) is 1. The smallest absolute Gasteiger partial charge is 0.232 e. The Morgan fingerprint density at radius 1 is 1.35 bits per heavy atom. The molecule has 1 N–H and O–H groups in total. The van der Waals surface area contributed by atoms with Crippen LogP contribution in [-0.2, 0) is 11.2 Å². The molecule has 0 amide bonds. The number of thioether (sulfide) groups is 1. The minimum Gasteiger partial charge on any atom is -0.378 e. The molecule has 3 heterocycles. The summed E-state index contributed by atoms with van der Waals surface area (Å²) < 4.78 is 11.2. The van der Waals surface area contributed by atoms with Crippen LogP contribution in [0.2, 0.25) is 0 Å². The Bertz CT molecular complexity index is 420. The van der Waals surface area contributed by atoms with Crippen LogP contribution in [-0.4, -0.2) is 46.9 Å². The molecular formula is C14H23N3O2S. The third-order valence-electron chi connectivity index (χ3n) is 4.03. The number of rotatable bonds is 5. The summed E-state index contributed by atoms with van der Waals surface area (Å²) in [6.45, 7) is 4.00. The molecule has 1 aromatic rings. The van der Waals surface area contributed by atoms with Gasteiger partial charge in [-0.3, -0.25) is 0 Å². The molecule has 3 rings (SSSR count). The van der Waals surface area contributed by atoms with Crippen LogP contribution in [0.5, 0.6) is 0 Å². The lowest BCUT2D eigenvalue weighted by Crippen LogP contribution is -2.34. The summed E-state index contributed by atoms with van der Waals surface area (Å²) in [5, 5.41) is 7.66. The zero-order valence-corrected chi connectivity index (χ0v) is 12.8. The van der Waals surface area contributed by atoms with E-state index in [0.717, 1.165) is 49.2 Å². The summed E-state index contributed by atoms with van der Waals surface area (Å²) in [5.41, 5.74) is 0. The van der Waals surface area contributed by atoms with Gasteiger partial charge in [0.1, 0.15) is 0 Å². The Labute approximate surface area is 124 Å². The van der Waals surface area contributed by atoms with Gasteiger partial charge in [0.25, 0.3) is 0 Å². The van der Waals surface area contributed by atoms with E-state index in [1.165, 1.54) is 12.8 Å². The van der Waals surface area contributed by atoms with Gasteiger partial charge in [0.05, 0.1) is 12.0 Å². The number of aromatic nitrogens is 2. The van der Waals surface area contributed by atoms with Gasteiger partial charge in [-0.15, -0.1) is 0 Å². The first-order chi connectivity index (χ1) is 9.86. The lowest BCUT2D eigenvalue weighted by Gasteiger charge is -2.20. The Morgan fingerprint density at radius 2 is 2.30 bits per heavy atom. The largest absolute Gasteiger partial charge is 0.378 e. The standard InChI is InChI=1S/C14H23N3O2S/c1-2-15-12-9-20-8-11(12)14-16-13(17-19-14)7-10-5-3-4-6-18-10/h10-12,15H,2-9H2,1H3. The molecule has 5 nitrogen and oxygen atoms in total. The second-order valence-corrected chi connectivity index (χ2v) is 6.62. The van der Waals surface area contributed by atoms with E-state index >= 15 is 0 Å². The number of likely N-dealkylation sites (N-methyl/N-ethyl adjacent to an activating group) is 1. The van der Waals surface area contributed by atoms with Crippen molar-refractivity contribution in [1.82, 2.24) is 15.5 Å². The van der Waals surface area contributed by atoms with Crippen molar-refractivity contribution >= 4 is 11.8 Å². The van der Waals surface area contributed by atoms with Gasteiger partial charge >= 0.3 is 0 Å². The van der Waals surface area contributed by atoms with Crippen molar-refractivity contribution in [1.29, 1.82) is 0 Å². The van der Waals surface area contributed by atoms with Crippen LogP contribution in [0.3, 0.4) is 0 Å². The average Bonchev–Trinajstić information content (AvgIpc) is 3.09. The normalized spacial score (nSPS) is 30.8. The third kappa shape index (κ3) is 3.35. The molecule has 112 valence electrons. The van der Waals surface area contributed by atoms with Crippen LogP contribution in [0.4, 0.5) is 0 Å². The average molecular weight is 297 g/mol. The van der Waals surface area contributed by atoms with Crippen molar-refractivity contribution in [3.63, 3.8) is 0 Å². The second kappa shape index (κ2) is 6.91. The maximum atomic E-state index is 5.74. The van der Waals surface area contributed by atoms with E-state index < -0.39 is 0 Å². The molecule has 3 atom stereocenters. The van der Waals surface area contributed by atoms with Gasteiger partial charge in [-0.2, -0.15) is 16.7 Å². The fraction of sp³-hybridized carbons (Fsp3) is 0.857. The summed E-state index contributed by atoms with van der Waals surface area (Å²) in [4.78, 5) is 4.61. The summed E-state index contributed by atoms with van der Waals surface area (Å²) in [6.07, 6.45) is 4.60. The molecule has 3 unspecified atom stereocenters. The number of nitrogens with one attached hydrogen (secondary N) is 1. The Hall–Kier alpha value is -0.590. The highest BCUT2D eigenvalue weighted by Gasteiger charge is 2.33. The van der Waals surface area contributed by atoms with Crippen LogP contribution in [0.1, 0.15) is 43.8 Å². The summed E-state index contributed by atoms with van der Waals surface area (Å²) in [5.74, 6) is 4.15. The number of nitrogens with zero attached hydrogens (tertiary/aromatic N) is 2. The van der Waals surface area contributed by atoms with Gasteiger partial charge in [-0.25, -0.2) is 0 Å².